The molecule has 1 aliphatic heterocycles. The van der Waals surface area contributed by atoms with Gasteiger partial charge < -0.3 is 0 Å². The van der Waals surface area contributed by atoms with Gasteiger partial charge in [0.25, 0.3) is 0 Å². The smallest absolute Gasteiger partial charge is 0.185 e. The van der Waals surface area contributed by atoms with Crippen LogP contribution in [0.15, 0.2) is 54.6 Å². The Kier molecular flexibility index (Phi) is 5.99. The number of fused-ring (bicyclic) bond motifs is 5. The van der Waals surface area contributed by atoms with Crippen LogP contribution in [0.5, 0.6) is 0 Å². The summed E-state index contributed by atoms with van der Waals surface area (Å²) in [6, 6.07) is 21.0. The van der Waals surface area contributed by atoms with Crippen LogP contribution in [0.1, 0.15) is 98.1 Å². The van der Waals surface area contributed by atoms with Gasteiger partial charge in [-0.3, -0.25) is 0 Å². The molecule has 0 saturated heterocycles. The molecule has 0 fully saturated rings. The molecule has 170 valence electrons. The fraction of sp³-hybridized carbons (Fsp3) is 0.516. The molecule has 0 radical (unpaired) electrons. The van der Waals surface area contributed by atoms with Gasteiger partial charge in [0.05, 0.1) is 11.0 Å². The summed E-state index contributed by atoms with van der Waals surface area (Å²) in [6.45, 7) is 16.9. The number of pyridine rings is 1. The van der Waals surface area contributed by atoms with E-state index in [1.807, 2.05) is 0 Å². The highest BCUT2D eigenvalue weighted by Gasteiger charge is 2.57. The number of benzene rings is 2. The zero-order valence-electron chi connectivity index (χ0n) is 21.4. The summed E-state index contributed by atoms with van der Waals surface area (Å²) >= 11 is 0. The molecule has 0 amide bonds. The van der Waals surface area contributed by atoms with Crippen molar-refractivity contribution in [2.75, 3.05) is 0 Å². The van der Waals surface area contributed by atoms with Crippen LogP contribution in [-0.2, 0) is 16.4 Å². The molecule has 0 saturated carbocycles. The Balaban J connectivity index is 1.98. The summed E-state index contributed by atoms with van der Waals surface area (Å²) in [5, 5.41) is 1.33. The van der Waals surface area contributed by atoms with Crippen LogP contribution in [-0.4, -0.2) is 0 Å². The van der Waals surface area contributed by atoms with E-state index in [-0.39, 0.29) is 16.4 Å². The topological polar surface area (TPSA) is 3.88 Å². The summed E-state index contributed by atoms with van der Waals surface area (Å²) in [7, 11) is 0. The Morgan fingerprint density at radius 2 is 1.59 bits per heavy atom. The van der Waals surface area contributed by atoms with Gasteiger partial charge in [0.15, 0.2) is 5.54 Å². The summed E-state index contributed by atoms with van der Waals surface area (Å²) in [5.41, 5.74) is 7.45. The van der Waals surface area contributed by atoms with Crippen molar-refractivity contribution in [3.63, 3.8) is 0 Å². The van der Waals surface area contributed by atoms with Crippen molar-refractivity contribution in [2.24, 2.45) is 0 Å². The van der Waals surface area contributed by atoms with Gasteiger partial charge in [0.1, 0.15) is 0 Å². The first-order valence-corrected chi connectivity index (χ1v) is 12.8. The molecule has 0 spiro atoms. The molecule has 2 unspecified atom stereocenters. The summed E-state index contributed by atoms with van der Waals surface area (Å²) in [6.07, 6.45) is 7.40. The molecule has 32 heavy (non-hydrogen) atoms. The van der Waals surface area contributed by atoms with Gasteiger partial charge >= 0.3 is 0 Å². The Morgan fingerprint density at radius 1 is 0.844 bits per heavy atom. The maximum atomic E-state index is 2.67. The van der Waals surface area contributed by atoms with Crippen molar-refractivity contribution >= 4 is 10.9 Å². The molecule has 3 aromatic rings. The van der Waals surface area contributed by atoms with Gasteiger partial charge in [0.2, 0.25) is 11.2 Å². The number of para-hydroxylation sites is 1. The van der Waals surface area contributed by atoms with E-state index < -0.39 is 0 Å². The van der Waals surface area contributed by atoms with Crippen molar-refractivity contribution in [2.45, 2.75) is 103 Å². The predicted octanol–water partition coefficient (Wildman–Crippen LogP) is 8.46. The number of unbranched alkanes of at least 4 members (excludes halogenated alkanes) is 2. The van der Waals surface area contributed by atoms with Gasteiger partial charge in [-0.15, -0.1) is 0 Å². The molecule has 2 aromatic carbocycles. The average Bonchev–Trinajstić information content (AvgIpc) is 2.81. The van der Waals surface area contributed by atoms with Gasteiger partial charge in [0, 0.05) is 30.9 Å². The van der Waals surface area contributed by atoms with Crippen molar-refractivity contribution in [1.29, 1.82) is 0 Å². The number of rotatable bonds is 7. The quantitative estimate of drug-likeness (QED) is 0.262. The van der Waals surface area contributed by atoms with Crippen LogP contribution in [0, 0.1) is 0 Å². The van der Waals surface area contributed by atoms with E-state index in [2.05, 4.69) is 108 Å². The van der Waals surface area contributed by atoms with Crippen molar-refractivity contribution < 1.29 is 4.57 Å². The van der Waals surface area contributed by atoms with Crippen molar-refractivity contribution in [1.82, 2.24) is 0 Å². The minimum atomic E-state index is 0.00984. The van der Waals surface area contributed by atoms with Crippen LogP contribution in [0.2, 0.25) is 0 Å². The fourth-order valence-electron chi connectivity index (χ4n) is 6.21. The molecule has 2 heterocycles. The van der Waals surface area contributed by atoms with Gasteiger partial charge in [-0.25, -0.2) is 0 Å². The number of nitrogens with zero attached hydrogens (tertiary/aromatic N) is 1. The molecule has 1 heteroatoms. The molecule has 1 nitrogen and oxygen atoms in total. The van der Waals surface area contributed by atoms with E-state index in [4.69, 9.17) is 0 Å². The maximum absolute atomic E-state index is 2.67. The number of hydrogen-bond acceptors (Lipinski definition) is 0. The monoisotopic (exact) mass is 428 g/mol. The normalized spacial score (nSPS) is 22.6. The van der Waals surface area contributed by atoms with Crippen LogP contribution in [0.25, 0.3) is 22.2 Å². The molecule has 0 aliphatic carbocycles. The van der Waals surface area contributed by atoms with Crippen molar-refractivity contribution in [3.8, 4) is 11.3 Å². The third-order valence-electron chi connectivity index (χ3n) is 8.99. The fourth-order valence-corrected chi connectivity index (χ4v) is 6.21. The number of hydrogen-bond donors (Lipinski definition) is 0. The molecule has 1 aliphatic rings. The van der Waals surface area contributed by atoms with Crippen molar-refractivity contribution in [3.05, 3.63) is 65.7 Å². The summed E-state index contributed by atoms with van der Waals surface area (Å²) < 4.78 is 2.67. The lowest BCUT2D eigenvalue weighted by Gasteiger charge is -2.47. The average molecular weight is 429 g/mol. The highest BCUT2D eigenvalue weighted by Crippen LogP contribution is 2.51. The molecular formula is C31H42N+. The SMILES string of the molecule is CCCCCC(C)(C)c1ccc2c(c1)C(C)(CC)C(C)(CC)[n+]1c-2ccc2ccccc21. The lowest BCUT2D eigenvalue weighted by Crippen LogP contribution is -2.67. The van der Waals surface area contributed by atoms with Gasteiger partial charge in [-0.2, -0.15) is 4.57 Å². The Labute approximate surface area is 195 Å². The zero-order valence-corrected chi connectivity index (χ0v) is 21.4. The molecule has 4 rings (SSSR count). The minimum Gasteiger partial charge on any atom is -0.185 e. The maximum Gasteiger partial charge on any atom is 0.213 e. The third kappa shape index (κ3) is 3.31. The molecule has 2 atom stereocenters. The second-order valence-electron chi connectivity index (χ2n) is 11.0. The lowest BCUT2D eigenvalue weighted by molar-refractivity contribution is -0.742. The zero-order chi connectivity index (χ0) is 23.1. The Morgan fingerprint density at radius 3 is 2.28 bits per heavy atom. The molecule has 1 aromatic heterocycles. The second kappa shape index (κ2) is 8.32. The highest BCUT2D eigenvalue weighted by molar-refractivity contribution is 5.79. The molecular weight excluding hydrogens is 386 g/mol. The van der Waals surface area contributed by atoms with E-state index in [1.165, 1.54) is 53.4 Å². The largest absolute Gasteiger partial charge is 0.213 e. The first kappa shape index (κ1) is 23.0. The summed E-state index contributed by atoms with van der Waals surface area (Å²) in [5.74, 6) is 0. The lowest BCUT2D eigenvalue weighted by atomic mass is 9.60. The standard InChI is InChI=1S/C31H42N/c1-8-11-14-21-29(4,5)24-18-19-25-26(22-24)30(6,9-2)31(7,10-3)32-27-16-13-12-15-23(27)17-20-28(25)32/h12-13,15-20,22H,8-11,14,21H2,1-7H3/q+1. The van der Waals surface area contributed by atoms with E-state index >= 15 is 0 Å². The van der Waals surface area contributed by atoms with Crippen LogP contribution in [0.4, 0.5) is 0 Å². The minimum absolute atomic E-state index is 0.00984. The Bertz CT molecular complexity index is 1120. The second-order valence-corrected chi connectivity index (χ2v) is 11.0. The first-order chi connectivity index (χ1) is 15.2. The Hall–Kier alpha value is -2.15. The van der Waals surface area contributed by atoms with Crippen LogP contribution >= 0.6 is 0 Å². The van der Waals surface area contributed by atoms with E-state index in [9.17, 15) is 0 Å². The van der Waals surface area contributed by atoms with Crippen LogP contribution in [0.3, 0.4) is 0 Å². The van der Waals surface area contributed by atoms with E-state index in [0.29, 0.717) is 0 Å². The van der Waals surface area contributed by atoms with Gasteiger partial charge in [-0.05, 0) is 54.5 Å². The first-order valence-electron chi connectivity index (χ1n) is 12.8. The molecule has 0 N–H and O–H groups in total. The predicted molar refractivity (Wildman–Crippen MR) is 138 cm³/mol. The number of aromatic nitrogens is 1. The van der Waals surface area contributed by atoms with E-state index in [0.717, 1.165) is 12.8 Å². The van der Waals surface area contributed by atoms with Gasteiger partial charge in [-0.1, -0.05) is 78.1 Å². The molecule has 0 bridgehead atoms. The van der Waals surface area contributed by atoms with E-state index in [1.54, 1.807) is 5.56 Å². The third-order valence-corrected chi connectivity index (χ3v) is 8.99. The summed E-state index contributed by atoms with van der Waals surface area (Å²) in [4.78, 5) is 0. The highest BCUT2D eigenvalue weighted by atomic mass is 15.1. The van der Waals surface area contributed by atoms with Crippen LogP contribution < -0.4 is 4.57 Å².